The van der Waals surface area contributed by atoms with Crippen LogP contribution in [0.4, 0.5) is 14.5 Å². The van der Waals surface area contributed by atoms with E-state index in [4.69, 9.17) is 0 Å². The topological polar surface area (TPSA) is 133 Å². The monoisotopic (exact) mass is 417 g/mol. The van der Waals surface area contributed by atoms with E-state index in [2.05, 4.69) is 20.6 Å². The van der Waals surface area contributed by atoms with Crippen LogP contribution in [0.1, 0.15) is 12.1 Å². The second-order valence-corrected chi connectivity index (χ2v) is 7.88. The maximum atomic E-state index is 12.9. The maximum absolute atomic E-state index is 12.9. The molecule has 0 atom stereocenters. The van der Waals surface area contributed by atoms with Crippen LogP contribution < -0.4 is 5.32 Å². The highest BCUT2D eigenvalue weighted by Crippen LogP contribution is 2.25. The van der Waals surface area contributed by atoms with Gasteiger partial charge in [0.25, 0.3) is 16.4 Å². The van der Waals surface area contributed by atoms with Gasteiger partial charge in [0.15, 0.2) is 10.7 Å². The number of anilines is 1. The molecule has 1 saturated heterocycles. The first-order valence-electron chi connectivity index (χ1n) is 8.11. The van der Waals surface area contributed by atoms with E-state index in [9.17, 15) is 26.8 Å². The molecule has 1 fully saturated rings. The van der Waals surface area contributed by atoms with Crippen LogP contribution in [-0.2, 0) is 26.7 Å². The first kappa shape index (κ1) is 19.9. The third kappa shape index (κ3) is 3.87. The van der Waals surface area contributed by atoms with E-state index in [0.29, 0.717) is 0 Å². The van der Waals surface area contributed by atoms with Crippen molar-refractivity contribution in [3.8, 4) is 0 Å². The maximum Gasteiger partial charge on any atom is 0.314 e. The number of amides is 2. The molecule has 152 valence electrons. The van der Waals surface area contributed by atoms with Gasteiger partial charge in [-0.05, 0) is 6.07 Å². The predicted molar refractivity (Wildman–Crippen MR) is 90.7 cm³/mol. The molecule has 0 saturated carbocycles. The minimum absolute atomic E-state index is 0.0183. The number of aromatic nitrogens is 4. The Morgan fingerprint density at radius 1 is 1.25 bits per heavy atom. The number of aromatic amines is 1. The molecule has 2 aromatic heterocycles. The summed E-state index contributed by atoms with van der Waals surface area (Å²) in [5.41, 5.74) is -0.893. The summed E-state index contributed by atoms with van der Waals surface area (Å²) in [7, 11) is -2.36. The van der Waals surface area contributed by atoms with E-state index >= 15 is 0 Å². The minimum atomic E-state index is -3.77. The van der Waals surface area contributed by atoms with Gasteiger partial charge in [0.2, 0.25) is 0 Å². The summed E-state index contributed by atoms with van der Waals surface area (Å²) in [5.74, 6) is -2.04. The van der Waals surface area contributed by atoms with Crippen LogP contribution in [0, 0.1) is 0 Å². The third-order valence-corrected chi connectivity index (χ3v) is 5.95. The third-order valence-electron chi connectivity index (χ3n) is 4.13. The fourth-order valence-corrected chi connectivity index (χ4v) is 4.06. The van der Waals surface area contributed by atoms with Crippen molar-refractivity contribution in [2.24, 2.45) is 7.05 Å². The van der Waals surface area contributed by atoms with Crippen LogP contribution >= 0.6 is 0 Å². The van der Waals surface area contributed by atoms with Gasteiger partial charge in [-0.25, -0.2) is 17.2 Å². The molecule has 0 bridgehead atoms. The molecule has 3 rings (SSSR count). The summed E-state index contributed by atoms with van der Waals surface area (Å²) in [5, 5.41) is 11.6. The van der Waals surface area contributed by atoms with Gasteiger partial charge < -0.3 is 10.2 Å². The molecule has 14 heteroatoms. The van der Waals surface area contributed by atoms with Crippen molar-refractivity contribution in [1.29, 1.82) is 0 Å². The van der Waals surface area contributed by atoms with Gasteiger partial charge >= 0.3 is 11.8 Å². The summed E-state index contributed by atoms with van der Waals surface area (Å²) in [6.45, 7) is -0.0756. The van der Waals surface area contributed by atoms with Crippen LogP contribution in [0.2, 0.25) is 0 Å². The highest BCUT2D eigenvalue weighted by Gasteiger charge is 2.33. The Hall–Kier alpha value is -2.87. The molecular weight excluding hydrogens is 400 g/mol. The number of piperazine rings is 1. The molecule has 2 aromatic rings. The lowest BCUT2D eigenvalue weighted by Gasteiger charge is -2.33. The van der Waals surface area contributed by atoms with Crippen molar-refractivity contribution in [3.63, 3.8) is 0 Å². The average Bonchev–Trinajstić information content (AvgIpc) is 3.31. The van der Waals surface area contributed by atoms with Crippen LogP contribution in [-0.4, -0.2) is 75.6 Å². The number of H-pyrrole nitrogens is 1. The van der Waals surface area contributed by atoms with Crippen LogP contribution in [0.3, 0.4) is 0 Å². The first-order chi connectivity index (χ1) is 13.2. The molecule has 2 amide bonds. The van der Waals surface area contributed by atoms with Crippen molar-refractivity contribution in [1.82, 2.24) is 29.2 Å². The number of aryl methyl sites for hydroxylation is 1. The predicted octanol–water partition coefficient (Wildman–Crippen LogP) is -0.448. The van der Waals surface area contributed by atoms with Gasteiger partial charge in [-0.2, -0.15) is 14.5 Å². The van der Waals surface area contributed by atoms with E-state index < -0.39 is 34.0 Å². The molecule has 1 aliphatic rings. The first-order valence-corrected chi connectivity index (χ1v) is 9.55. The Labute approximate surface area is 158 Å². The van der Waals surface area contributed by atoms with Gasteiger partial charge in [0.1, 0.15) is 0 Å². The number of carbonyl (C=O) groups excluding carboxylic acids is 2. The number of hydrogen-bond acceptors (Lipinski definition) is 6. The lowest BCUT2D eigenvalue weighted by molar-refractivity contribution is -0.143. The zero-order valence-electron chi connectivity index (χ0n) is 14.7. The van der Waals surface area contributed by atoms with E-state index in [0.717, 1.165) is 13.9 Å². The second-order valence-electron chi connectivity index (χ2n) is 5.97. The quantitative estimate of drug-likeness (QED) is 0.648. The van der Waals surface area contributed by atoms with Crippen LogP contribution in [0.15, 0.2) is 23.5 Å². The van der Waals surface area contributed by atoms with Crippen molar-refractivity contribution < 1.29 is 26.8 Å². The number of nitrogens with zero attached hydrogens (tertiary/aromatic N) is 5. The number of halogens is 2. The highest BCUT2D eigenvalue weighted by atomic mass is 32.2. The molecular formula is C14H17F2N7O4S. The number of alkyl halides is 2. The Balaban J connectivity index is 1.62. The molecule has 11 nitrogen and oxygen atoms in total. The summed E-state index contributed by atoms with van der Waals surface area (Å²) in [6, 6.07) is 1.31. The van der Waals surface area contributed by atoms with Gasteiger partial charge in [-0.3, -0.25) is 19.4 Å². The minimum Gasteiger partial charge on any atom is -0.332 e. The molecule has 3 heterocycles. The average molecular weight is 417 g/mol. The van der Waals surface area contributed by atoms with Gasteiger partial charge in [0.05, 0.1) is 11.9 Å². The SMILES string of the molecule is Cn1cc(NC(=O)C(=O)N2CCN(S(=O)(=O)c3ccn[nH]3)CC2)c(C(F)F)n1. The van der Waals surface area contributed by atoms with Crippen molar-refractivity contribution in [2.45, 2.75) is 11.5 Å². The molecule has 1 aliphatic heterocycles. The number of nitrogens with one attached hydrogen (secondary N) is 2. The number of hydrogen-bond donors (Lipinski definition) is 2. The van der Waals surface area contributed by atoms with E-state index in [1.165, 1.54) is 25.5 Å². The fourth-order valence-electron chi connectivity index (χ4n) is 2.74. The van der Waals surface area contributed by atoms with Crippen LogP contribution in [0.25, 0.3) is 0 Å². The summed E-state index contributed by atoms with van der Waals surface area (Å²) < 4.78 is 52.9. The van der Waals surface area contributed by atoms with Crippen molar-refractivity contribution >= 4 is 27.5 Å². The number of sulfonamides is 1. The fraction of sp³-hybridized carbons (Fsp3) is 0.429. The molecule has 0 unspecified atom stereocenters. The zero-order chi connectivity index (χ0) is 20.5. The zero-order valence-corrected chi connectivity index (χ0v) is 15.5. The lowest BCUT2D eigenvalue weighted by atomic mass is 10.3. The van der Waals surface area contributed by atoms with Crippen molar-refractivity contribution in [2.75, 3.05) is 31.5 Å². The Morgan fingerprint density at radius 2 is 1.93 bits per heavy atom. The standard InChI is InChI=1S/C14H17F2N7O4S/c1-21-8-9(11(20-21)12(15)16)18-13(24)14(25)22-4-6-23(7-5-22)28(26,27)10-2-3-17-19-10/h2-3,8,12H,4-7H2,1H3,(H,17,19)(H,18,24). The van der Waals surface area contributed by atoms with Gasteiger partial charge in [-0.1, -0.05) is 0 Å². The Bertz CT molecular complexity index is 966. The summed E-state index contributed by atoms with van der Waals surface area (Å²) in [4.78, 5) is 25.6. The van der Waals surface area contributed by atoms with E-state index in [1.54, 1.807) is 0 Å². The molecule has 0 aliphatic carbocycles. The molecule has 28 heavy (non-hydrogen) atoms. The number of rotatable bonds is 4. The summed E-state index contributed by atoms with van der Waals surface area (Å²) in [6.07, 6.45) is -0.437. The largest absolute Gasteiger partial charge is 0.332 e. The molecule has 2 N–H and O–H groups in total. The van der Waals surface area contributed by atoms with Gasteiger partial charge in [0, 0.05) is 39.4 Å². The highest BCUT2D eigenvalue weighted by molar-refractivity contribution is 7.89. The van der Waals surface area contributed by atoms with E-state index in [1.807, 2.05) is 0 Å². The molecule has 0 aromatic carbocycles. The lowest BCUT2D eigenvalue weighted by Crippen LogP contribution is -2.52. The second kappa shape index (κ2) is 7.63. The number of carbonyl (C=O) groups is 2. The normalized spacial score (nSPS) is 15.8. The molecule has 0 spiro atoms. The Morgan fingerprint density at radius 3 is 2.50 bits per heavy atom. The smallest absolute Gasteiger partial charge is 0.314 e. The van der Waals surface area contributed by atoms with E-state index in [-0.39, 0.29) is 36.9 Å². The van der Waals surface area contributed by atoms with Gasteiger partial charge in [-0.15, -0.1) is 0 Å². The summed E-state index contributed by atoms with van der Waals surface area (Å²) >= 11 is 0. The van der Waals surface area contributed by atoms with Crippen LogP contribution in [0.5, 0.6) is 0 Å². The molecule has 0 radical (unpaired) electrons. The van der Waals surface area contributed by atoms with Crippen molar-refractivity contribution in [3.05, 3.63) is 24.2 Å². The Kier molecular flexibility index (Phi) is 5.42.